The zero-order valence-corrected chi connectivity index (χ0v) is 18.0. The molecule has 0 bridgehead atoms. The number of rotatable bonds is 6. The number of fused-ring (bicyclic) bond motifs is 1. The highest BCUT2D eigenvalue weighted by Crippen LogP contribution is 2.26. The second-order valence-corrected chi connectivity index (χ2v) is 8.23. The van der Waals surface area contributed by atoms with Crippen molar-refractivity contribution in [3.63, 3.8) is 0 Å². The molecule has 0 radical (unpaired) electrons. The Hall–Kier alpha value is -2.13. The summed E-state index contributed by atoms with van der Waals surface area (Å²) in [5.41, 5.74) is 4.12. The van der Waals surface area contributed by atoms with Gasteiger partial charge in [-0.2, -0.15) is 0 Å². The number of aromatic nitrogens is 3. The second-order valence-electron chi connectivity index (χ2n) is 6.04. The molecule has 0 fully saturated rings. The van der Waals surface area contributed by atoms with E-state index < -0.39 is 0 Å². The van der Waals surface area contributed by atoms with Crippen LogP contribution >= 0.6 is 33.9 Å². The fourth-order valence-corrected chi connectivity index (χ4v) is 4.15. The zero-order valence-electron chi connectivity index (χ0n) is 15.1. The van der Waals surface area contributed by atoms with E-state index in [9.17, 15) is 0 Å². The van der Waals surface area contributed by atoms with Crippen LogP contribution in [0.4, 0.5) is 5.82 Å². The Morgan fingerprint density at radius 1 is 1.15 bits per heavy atom. The SMILES string of the molecule is CCc1nc2ccc(I)cn2c1NCc1nc(-c2ccc(OC)cc2)cs1. The van der Waals surface area contributed by atoms with Crippen LogP contribution in [-0.4, -0.2) is 21.5 Å². The first-order chi connectivity index (χ1) is 13.2. The number of pyridine rings is 1. The molecule has 0 saturated carbocycles. The van der Waals surface area contributed by atoms with Crippen LogP contribution in [0, 0.1) is 3.57 Å². The predicted molar refractivity (Wildman–Crippen MR) is 119 cm³/mol. The number of anilines is 1. The predicted octanol–water partition coefficient (Wildman–Crippen LogP) is 5.25. The van der Waals surface area contributed by atoms with Crippen molar-refractivity contribution in [2.24, 2.45) is 0 Å². The number of aryl methyl sites for hydroxylation is 1. The molecular formula is C20H19IN4OS. The van der Waals surface area contributed by atoms with Crippen molar-refractivity contribution < 1.29 is 4.74 Å². The van der Waals surface area contributed by atoms with Gasteiger partial charge in [0, 0.05) is 20.7 Å². The minimum Gasteiger partial charge on any atom is -0.497 e. The molecule has 0 aliphatic heterocycles. The van der Waals surface area contributed by atoms with Gasteiger partial charge in [0.15, 0.2) is 0 Å². The third-order valence-corrected chi connectivity index (χ3v) is 5.82. The number of nitrogens with zero attached hydrogens (tertiary/aromatic N) is 3. The molecule has 4 rings (SSSR count). The van der Waals surface area contributed by atoms with Gasteiger partial charge in [-0.05, 0) is 65.4 Å². The van der Waals surface area contributed by atoms with Crippen LogP contribution in [0.5, 0.6) is 5.75 Å². The summed E-state index contributed by atoms with van der Waals surface area (Å²) in [5, 5.41) is 6.68. The monoisotopic (exact) mass is 490 g/mol. The van der Waals surface area contributed by atoms with Gasteiger partial charge < -0.3 is 10.1 Å². The minimum atomic E-state index is 0.674. The average Bonchev–Trinajstić information content (AvgIpc) is 3.30. The molecule has 1 N–H and O–H groups in total. The van der Waals surface area contributed by atoms with Gasteiger partial charge in [-0.15, -0.1) is 11.3 Å². The van der Waals surface area contributed by atoms with Gasteiger partial charge in [0.2, 0.25) is 0 Å². The smallest absolute Gasteiger partial charge is 0.138 e. The molecule has 7 heteroatoms. The fraction of sp³-hybridized carbons (Fsp3) is 0.200. The van der Waals surface area contributed by atoms with E-state index in [4.69, 9.17) is 14.7 Å². The number of methoxy groups -OCH3 is 1. The highest BCUT2D eigenvalue weighted by atomic mass is 127. The Labute approximate surface area is 175 Å². The molecule has 3 heterocycles. The number of benzene rings is 1. The highest BCUT2D eigenvalue weighted by Gasteiger charge is 2.12. The summed E-state index contributed by atoms with van der Waals surface area (Å²) in [4.78, 5) is 9.49. The highest BCUT2D eigenvalue weighted by molar-refractivity contribution is 14.1. The lowest BCUT2D eigenvalue weighted by molar-refractivity contribution is 0.415. The minimum absolute atomic E-state index is 0.674. The van der Waals surface area contributed by atoms with E-state index in [1.165, 1.54) is 3.57 Å². The number of hydrogen-bond acceptors (Lipinski definition) is 5. The Morgan fingerprint density at radius 2 is 1.96 bits per heavy atom. The quantitative estimate of drug-likeness (QED) is 0.376. The molecule has 0 aliphatic rings. The Kier molecular flexibility index (Phi) is 5.31. The third kappa shape index (κ3) is 3.79. The first-order valence-corrected chi connectivity index (χ1v) is 10.6. The van der Waals surface area contributed by atoms with Crippen LogP contribution in [0.2, 0.25) is 0 Å². The van der Waals surface area contributed by atoms with Crippen molar-refractivity contribution in [3.8, 4) is 17.0 Å². The van der Waals surface area contributed by atoms with Crippen molar-refractivity contribution in [3.05, 3.63) is 62.2 Å². The number of hydrogen-bond donors (Lipinski definition) is 1. The van der Waals surface area contributed by atoms with Gasteiger partial charge in [0.25, 0.3) is 0 Å². The van der Waals surface area contributed by atoms with Crippen LogP contribution in [0.25, 0.3) is 16.9 Å². The number of thiazole rings is 1. The summed E-state index contributed by atoms with van der Waals surface area (Å²) in [6.07, 6.45) is 2.99. The Balaban J connectivity index is 1.55. The van der Waals surface area contributed by atoms with Gasteiger partial charge in [0.05, 0.1) is 25.0 Å². The normalized spacial score (nSPS) is 11.1. The number of ether oxygens (including phenoxy) is 1. The van der Waals surface area contributed by atoms with E-state index in [2.05, 4.69) is 62.9 Å². The standard InChI is InChI=1S/C20H19IN4OS/c1-3-16-20(25-11-14(21)6-9-18(25)23-16)22-10-19-24-17(12-27-19)13-4-7-15(26-2)8-5-13/h4-9,11-12,22H,3,10H2,1-2H3. The van der Waals surface area contributed by atoms with Crippen molar-refractivity contribution >= 4 is 45.4 Å². The lowest BCUT2D eigenvalue weighted by atomic mass is 10.2. The average molecular weight is 490 g/mol. The Bertz CT molecular complexity index is 1070. The first kappa shape index (κ1) is 18.2. The van der Waals surface area contributed by atoms with E-state index in [-0.39, 0.29) is 0 Å². The summed E-state index contributed by atoms with van der Waals surface area (Å²) in [6, 6.07) is 12.1. The molecule has 0 saturated heterocycles. The number of imidazole rings is 1. The van der Waals surface area contributed by atoms with Crippen LogP contribution in [0.3, 0.4) is 0 Å². The second kappa shape index (κ2) is 7.85. The molecule has 138 valence electrons. The lowest BCUT2D eigenvalue weighted by Crippen LogP contribution is -2.04. The van der Waals surface area contributed by atoms with Crippen molar-refractivity contribution in [1.82, 2.24) is 14.4 Å². The summed E-state index contributed by atoms with van der Waals surface area (Å²) >= 11 is 3.99. The van der Waals surface area contributed by atoms with E-state index in [0.29, 0.717) is 6.54 Å². The van der Waals surface area contributed by atoms with Crippen molar-refractivity contribution in [1.29, 1.82) is 0 Å². The van der Waals surface area contributed by atoms with Gasteiger partial charge in [0.1, 0.15) is 22.2 Å². The number of nitrogens with one attached hydrogen (secondary N) is 1. The maximum absolute atomic E-state index is 5.22. The van der Waals surface area contributed by atoms with E-state index >= 15 is 0 Å². The molecule has 5 nitrogen and oxygen atoms in total. The molecule has 1 aromatic carbocycles. The van der Waals surface area contributed by atoms with Crippen LogP contribution in [0.1, 0.15) is 17.6 Å². The van der Waals surface area contributed by atoms with Crippen molar-refractivity contribution in [2.45, 2.75) is 19.9 Å². The van der Waals surface area contributed by atoms with Gasteiger partial charge >= 0.3 is 0 Å². The van der Waals surface area contributed by atoms with E-state index in [0.717, 1.165) is 45.6 Å². The summed E-state index contributed by atoms with van der Waals surface area (Å²) in [7, 11) is 1.67. The van der Waals surface area contributed by atoms with Gasteiger partial charge in [-0.1, -0.05) is 6.92 Å². The van der Waals surface area contributed by atoms with Crippen LogP contribution in [-0.2, 0) is 13.0 Å². The maximum Gasteiger partial charge on any atom is 0.138 e. The molecule has 0 unspecified atom stereocenters. The molecule has 0 atom stereocenters. The molecule has 3 aromatic heterocycles. The van der Waals surface area contributed by atoms with E-state index in [1.807, 2.05) is 24.3 Å². The Morgan fingerprint density at radius 3 is 2.70 bits per heavy atom. The first-order valence-electron chi connectivity index (χ1n) is 8.67. The molecule has 4 aromatic rings. The maximum atomic E-state index is 5.22. The van der Waals surface area contributed by atoms with Crippen molar-refractivity contribution in [2.75, 3.05) is 12.4 Å². The topological polar surface area (TPSA) is 51.5 Å². The van der Waals surface area contributed by atoms with Gasteiger partial charge in [-0.3, -0.25) is 4.40 Å². The largest absolute Gasteiger partial charge is 0.497 e. The fourth-order valence-electron chi connectivity index (χ4n) is 2.95. The molecular weight excluding hydrogens is 471 g/mol. The third-order valence-electron chi connectivity index (χ3n) is 4.33. The van der Waals surface area contributed by atoms with E-state index in [1.54, 1.807) is 18.4 Å². The molecule has 0 spiro atoms. The summed E-state index contributed by atoms with van der Waals surface area (Å²) < 4.78 is 8.52. The van der Waals surface area contributed by atoms with Crippen LogP contribution < -0.4 is 10.1 Å². The molecule has 27 heavy (non-hydrogen) atoms. The number of halogens is 1. The summed E-state index contributed by atoms with van der Waals surface area (Å²) in [5.74, 6) is 1.90. The van der Waals surface area contributed by atoms with Crippen LogP contribution in [0.15, 0.2) is 48.0 Å². The lowest BCUT2D eigenvalue weighted by Gasteiger charge is -2.06. The zero-order chi connectivity index (χ0) is 18.8. The molecule has 0 amide bonds. The summed E-state index contributed by atoms with van der Waals surface area (Å²) in [6.45, 7) is 2.80. The van der Waals surface area contributed by atoms with Gasteiger partial charge in [-0.25, -0.2) is 9.97 Å². The molecule has 0 aliphatic carbocycles.